The van der Waals surface area contributed by atoms with Gasteiger partial charge in [-0.25, -0.2) is 9.18 Å². The van der Waals surface area contributed by atoms with Crippen LogP contribution >= 0.6 is 0 Å². The summed E-state index contributed by atoms with van der Waals surface area (Å²) >= 11 is 0. The van der Waals surface area contributed by atoms with Gasteiger partial charge in [0.05, 0.1) is 12.2 Å². The maximum atomic E-state index is 14.1. The number of hydrogen-bond acceptors (Lipinski definition) is 2. The monoisotopic (exact) mass is 316 g/mol. The molecule has 23 heavy (non-hydrogen) atoms. The number of urea groups is 1. The molecule has 0 radical (unpaired) electrons. The van der Waals surface area contributed by atoms with Gasteiger partial charge in [-0.3, -0.25) is 4.68 Å². The second-order valence-corrected chi connectivity index (χ2v) is 5.75. The number of piperidine rings is 1. The van der Waals surface area contributed by atoms with Gasteiger partial charge in [0.1, 0.15) is 0 Å². The number of hydrogen-bond donors (Lipinski definition) is 1. The molecular weight excluding hydrogens is 295 g/mol. The normalized spacial score (nSPS) is 16.1. The Morgan fingerprint density at radius 2 is 1.91 bits per heavy atom. The Hall–Kier alpha value is -2.37. The summed E-state index contributed by atoms with van der Waals surface area (Å²) in [5, 5.41) is 6.76. The molecule has 6 heteroatoms. The Balaban J connectivity index is 1.54. The van der Waals surface area contributed by atoms with Crippen molar-refractivity contribution in [3.63, 3.8) is 0 Å². The van der Waals surface area contributed by atoms with Crippen molar-refractivity contribution in [1.82, 2.24) is 20.0 Å². The Morgan fingerprint density at radius 1 is 1.17 bits per heavy atom. The van der Waals surface area contributed by atoms with E-state index >= 15 is 0 Å². The topological polar surface area (TPSA) is 50.2 Å². The molecule has 0 aliphatic carbocycles. The number of carbonyl (C=O) groups is 1. The third-order valence-corrected chi connectivity index (χ3v) is 3.98. The van der Waals surface area contributed by atoms with Gasteiger partial charge in [-0.2, -0.15) is 5.10 Å². The predicted octanol–water partition coefficient (Wildman–Crippen LogP) is 3.04. The molecule has 122 valence electrons. The number of aromatic nitrogens is 2. The third kappa shape index (κ3) is 4.09. The summed E-state index contributed by atoms with van der Waals surface area (Å²) in [6.07, 6.45) is 3.39. The predicted molar refractivity (Wildman–Crippen MR) is 86.5 cm³/mol. The maximum Gasteiger partial charge on any atom is 0.319 e. The number of amides is 2. The average molecular weight is 316 g/mol. The van der Waals surface area contributed by atoms with Crippen molar-refractivity contribution in [2.75, 3.05) is 13.1 Å². The van der Waals surface area contributed by atoms with Gasteiger partial charge in [0.25, 0.3) is 0 Å². The molecule has 1 unspecified atom stereocenters. The summed E-state index contributed by atoms with van der Waals surface area (Å²) < 4.78 is 15.6. The molecule has 0 bridgehead atoms. The van der Waals surface area contributed by atoms with Crippen molar-refractivity contribution in [3.8, 4) is 11.3 Å². The van der Waals surface area contributed by atoms with Gasteiger partial charge in [-0.15, -0.1) is 0 Å². The lowest BCUT2D eigenvalue weighted by molar-refractivity contribution is 0.161. The van der Waals surface area contributed by atoms with E-state index < -0.39 is 6.30 Å². The van der Waals surface area contributed by atoms with Crippen molar-refractivity contribution in [2.24, 2.45) is 0 Å². The number of carbonyl (C=O) groups excluding carboxylic acids is 1. The molecule has 1 N–H and O–H groups in total. The van der Waals surface area contributed by atoms with Gasteiger partial charge in [-0.1, -0.05) is 30.3 Å². The molecule has 1 atom stereocenters. The summed E-state index contributed by atoms with van der Waals surface area (Å²) in [7, 11) is 0. The standard InChI is InChI=1S/C17H21FN4O/c18-16(19-17(23)21-10-5-2-6-11-21)13-22-12-9-15(20-22)14-7-3-1-4-8-14/h1,3-4,7-9,12,16H,2,5-6,10-11,13H2,(H,19,23). The highest BCUT2D eigenvalue weighted by Gasteiger charge is 2.19. The van der Waals surface area contributed by atoms with Crippen molar-refractivity contribution < 1.29 is 9.18 Å². The number of rotatable bonds is 4. The molecule has 0 saturated carbocycles. The summed E-state index contributed by atoms with van der Waals surface area (Å²) in [6.45, 7) is 1.42. The molecule has 1 aromatic carbocycles. The minimum atomic E-state index is -1.45. The zero-order valence-corrected chi connectivity index (χ0v) is 13.0. The lowest BCUT2D eigenvalue weighted by Gasteiger charge is -2.27. The third-order valence-electron chi connectivity index (χ3n) is 3.98. The molecule has 1 aliphatic heterocycles. The Labute approximate surface area is 135 Å². The second kappa shape index (κ2) is 7.26. The fraction of sp³-hybridized carbons (Fsp3) is 0.412. The number of nitrogens with zero attached hydrogens (tertiary/aromatic N) is 3. The van der Waals surface area contributed by atoms with Crippen LogP contribution in [-0.2, 0) is 6.54 Å². The quantitative estimate of drug-likeness (QED) is 0.882. The van der Waals surface area contributed by atoms with E-state index in [2.05, 4.69) is 10.4 Å². The summed E-state index contributed by atoms with van der Waals surface area (Å²) in [5.41, 5.74) is 1.78. The van der Waals surface area contributed by atoms with Crippen LogP contribution in [0.5, 0.6) is 0 Å². The number of halogens is 1. The largest absolute Gasteiger partial charge is 0.325 e. The lowest BCUT2D eigenvalue weighted by atomic mass is 10.1. The SMILES string of the molecule is O=C(NC(F)Cn1ccc(-c2ccccc2)n1)N1CCCCC1. The number of likely N-dealkylation sites (tertiary alicyclic amines) is 1. The summed E-state index contributed by atoms with van der Waals surface area (Å²) in [6, 6.07) is 11.2. The van der Waals surface area contributed by atoms with Crippen molar-refractivity contribution in [3.05, 3.63) is 42.6 Å². The van der Waals surface area contributed by atoms with Gasteiger partial charge in [0, 0.05) is 24.8 Å². The van der Waals surface area contributed by atoms with Gasteiger partial charge in [-0.05, 0) is 25.3 Å². The van der Waals surface area contributed by atoms with Crippen LogP contribution in [0.1, 0.15) is 19.3 Å². The first-order valence-electron chi connectivity index (χ1n) is 8.01. The van der Waals surface area contributed by atoms with Crippen LogP contribution in [0.15, 0.2) is 42.6 Å². The van der Waals surface area contributed by atoms with E-state index in [1.165, 1.54) is 4.68 Å². The number of nitrogens with one attached hydrogen (secondary N) is 1. The molecule has 0 spiro atoms. The van der Waals surface area contributed by atoms with Crippen LogP contribution in [0.2, 0.25) is 0 Å². The van der Waals surface area contributed by atoms with Crippen LogP contribution in [-0.4, -0.2) is 40.1 Å². The van der Waals surface area contributed by atoms with E-state index in [0.29, 0.717) is 13.1 Å². The Bertz CT molecular complexity index is 637. The average Bonchev–Trinajstić information content (AvgIpc) is 3.04. The summed E-state index contributed by atoms with van der Waals surface area (Å²) in [5.74, 6) is 0. The van der Waals surface area contributed by atoms with Crippen LogP contribution in [0.3, 0.4) is 0 Å². The first-order valence-corrected chi connectivity index (χ1v) is 8.01. The molecule has 2 amide bonds. The molecule has 1 aliphatic rings. The summed E-state index contributed by atoms with van der Waals surface area (Å²) in [4.78, 5) is 13.6. The van der Waals surface area contributed by atoms with Crippen LogP contribution in [0.4, 0.5) is 9.18 Å². The van der Waals surface area contributed by atoms with Gasteiger partial charge >= 0.3 is 6.03 Å². The van der Waals surface area contributed by atoms with E-state index in [4.69, 9.17) is 0 Å². The molecule has 1 saturated heterocycles. The second-order valence-electron chi connectivity index (χ2n) is 5.75. The minimum absolute atomic E-state index is 0.00636. The fourth-order valence-electron chi connectivity index (χ4n) is 2.76. The molecule has 1 fully saturated rings. The lowest BCUT2D eigenvalue weighted by Crippen LogP contribution is -2.46. The molecule has 1 aromatic heterocycles. The highest BCUT2D eigenvalue weighted by Crippen LogP contribution is 2.16. The Kier molecular flexibility index (Phi) is 4.90. The fourth-order valence-corrected chi connectivity index (χ4v) is 2.76. The van der Waals surface area contributed by atoms with Crippen molar-refractivity contribution in [1.29, 1.82) is 0 Å². The van der Waals surface area contributed by atoms with Gasteiger partial charge < -0.3 is 10.2 Å². The minimum Gasteiger partial charge on any atom is -0.325 e. The Morgan fingerprint density at radius 3 is 2.65 bits per heavy atom. The zero-order valence-electron chi connectivity index (χ0n) is 13.0. The molecule has 5 nitrogen and oxygen atoms in total. The highest BCUT2D eigenvalue weighted by atomic mass is 19.1. The van der Waals surface area contributed by atoms with Crippen molar-refractivity contribution in [2.45, 2.75) is 32.1 Å². The van der Waals surface area contributed by atoms with E-state index in [1.54, 1.807) is 11.1 Å². The van der Waals surface area contributed by atoms with Gasteiger partial charge in [0.15, 0.2) is 6.30 Å². The first-order chi connectivity index (χ1) is 11.2. The smallest absolute Gasteiger partial charge is 0.319 e. The molecular formula is C17H21FN4O. The van der Waals surface area contributed by atoms with E-state index in [9.17, 15) is 9.18 Å². The highest BCUT2D eigenvalue weighted by molar-refractivity contribution is 5.74. The van der Waals surface area contributed by atoms with Gasteiger partial charge in [0.2, 0.25) is 0 Å². The van der Waals surface area contributed by atoms with E-state index in [-0.39, 0.29) is 12.6 Å². The van der Waals surface area contributed by atoms with Crippen LogP contribution < -0.4 is 5.32 Å². The van der Waals surface area contributed by atoms with E-state index in [0.717, 1.165) is 30.5 Å². The zero-order chi connectivity index (χ0) is 16.1. The van der Waals surface area contributed by atoms with Crippen LogP contribution in [0, 0.1) is 0 Å². The van der Waals surface area contributed by atoms with Crippen LogP contribution in [0.25, 0.3) is 11.3 Å². The number of benzene rings is 1. The van der Waals surface area contributed by atoms with E-state index in [1.807, 2.05) is 36.4 Å². The first kappa shape index (κ1) is 15.5. The molecule has 2 aromatic rings. The number of alkyl halides is 1. The molecule has 2 heterocycles. The van der Waals surface area contributed by atoms with Crippen molar-refractivity contribution >= 4 is 6.03 Å². The maximum absolute atomic E-state index is 14.1. The molecule has 3 rings (SSSR count).